The first kappa shape index (κ1) is 11.4. The summed E-state index contributed by atoms with van der Waals surface area (Å²) in [6.07, 6.45) is 3.49. The van der Waals surface area contributed by atoms with E-state index in [0.29, 0.717) is 11.1 Å². The largest absolute Gasteiger partial charge is 0.478 e. The predicted octanol–water partition coefficient (Wildman–Crippen LogP) is 3.60. The summed E-state index contributed by atoms with van der Waals surface area (Å²) in [6.45, 7) is 0. The van der Waals surface area contributed by atoms with Gasteiger partial charge in [0.25, 0.3) is 0 Å². The van der Waals surface area contributed by atoms with Gasteiger partial charge in [-0.05, 0) is 17.0 Å². The molecule has 1 heterocycles. The van der Waals surface area contributed by atoms with E-state index in [2.05, 4.69) is 4.98 Å². The minimum absolute atomic E-state index is 0.292. The van der Waals surface area contributed by atoms with E-state index in [9.17, 15) is 9.90 Å². The van der Waals surface area contributed by atoms with E-state index >= 15 is 0 Å². The number of aromatic carboxylic acids is 1. The third-order valence-corrected chi connectivity index (χ3v) is 3.12. The number of carboxylic acids is 1. The summed E-state index contributed by atoms with van der Waals surface area (Å²) < 4.78 is 0. The second kappa shape index (κ2) is 4.53. The Morgan fingerprint density at radius 1 is 0.895 bits per heavy atom. The van der Waals surface area contributed by atoms with E-state index in [-0.39, 0.29) is 0 Å². The molecule has 3 nitrogen and oxygen atoms in total. The minimum Gasteiger partial charge on any atom is -0.478 e. The Morgan fingerprint density at radius 3 is 2.47 bits per heavy atom. The van der Waals surface area contributed by atoms with Crippen molar-refractivity contribution in [1.82, 2.24) is 4.98 Å². The normalized spacial score (nSPS) is 10.5. The van der Waals surface area contributed by atoms with Gasteiger partial charge in [0, 0.05) is 23.3 Å². The highest BCUT2D eigenvalue weighted by atomic mass is 16.4. The standard InChI is InChI=1S/C16H11NO2/c18-16(19)14-8-4-3-7-13(14)15-10-17-9-11-5-1-2-6-12(11)15/h1-10H,(H,18,19). The third kappa shape index (κ3) is 1.95. The van der Waals surface area contributed by atoms with Gasteiger partial charge in [-0.1, -0.05) is 42.5 Å². The van der Waals surface area contributed by atoms with Gasteiger partial charge in [-0.15, -0.1) is 0 Å². The van der Waals surface area contributed by atoms with Crippen LogP contribution in [0.25, 0.3) is 21.9 Å². The maximum Gasteiger partial charge on any atom is 0.336 e. The van der Waals surface area contributed by atoms with Crippen molar-refractivity contribution in [2.45, 2.75) is 0 Å². The van der Waals surface area contributed by atoms with Gasteiger partial charge < -0.3 is 5.11 Å². The van der Waals surface area contributed by atoms with E-state index in [1.807, 2.05) is 36.4 Å². The van der Waals surface area contributed by atoms with Crippen LogP contribution in [0.1, 0.15) is 10.4 Å². The molecule has 0 aliphatic rings. The monoisotopic (exact) mass is 249 g/mol. The molecule has 3 aromatic rings. The Labute approximate surface area is 110 Å². The molecular formula is C16H11NO2. The fraction of sp³-hybridized carbons (Fsp3) is 0. The van der Waals surface area contributed by atoms with Crippen molar-refractivity contribution in [1.29, 1.82) is 0 Å². The van der Waals surface area contributed by atoms with E-state index in [1.54, 1.807) is 24.5 Å². The number of carbonyl (C=O) groups is 1. The van der Waals surface area contributed by atoms with Crippen molar-refractivity contribution in [2.24, 2.45) is 0 Å². The minimum atomic E-state index is -0.927. The lowest BCUT2D eigenvalue weighted by Gasteiger charge is -2.08. The third-order valence-electron chi connectivity index (χ3n) is 3.12. The topological polar surface area (TPSA) is 50.2 Å². The lowest BCUT2D eigenvalue weighted by atomic mass is 9.97. The zero-order chi connectivity index (χ0) is 13.2. The molecule has 0 saturated heterocycles. The summed E-state index contributed by atoms with van der Waals surface area (Å²) in [5, 5.41) is 11.3. The van der Waals surface area contributed by atoms with Crippen LogP contribution in [0, 0.1) is 0 Å². The van der Waals surface area contributed by atoms with Crippen LogP contribution in [0.2, 0.25) is 0 Å². The molecule has 1 aromatic heterocycles. The van der Waals surface area contributed by atoms with Gasteiger partial charge in [0.05, 0.1) is 5.56 Å². The first-order valence-electron chi connectivity index (χ1n) is 5.93. The SMILES string of the molecule is O=C(O)c1ccccc1-c1cncc2ccccc12. The number of fused-ring (bicyclic) bond motifs is 1. The molecule has 0 saturated carbocycles. The van der Waals surface area contributed by atoms with Crippen molar-refractivity contribution < 1.29 is 9.90 Å². The molecule has 0 amide bonds. The number of hydrogen-bond donors (Lipinski definition) is 1. The first-order chi connectivity index (χ1) is 9.27. The average molecular weight is 249 g/mol. The molecule has 2 aromatic carbocycles. The summed E-state index contributed by atoms with van der Waals surface area (Å²) in [5.41, 5.74) is 1.83. The van der Waals surface area contributed by atoms with Crippen LogP contribution in [0.15, 0.2) is 60.9 Å². The Hall–Kier alpha value is -2.68. The highest BCUT2D eigenvalue weighted by molar-refractivity contribution is 6.03. The van der Waals surface area contributed by atoms with Crippen LogP contribution < -0.4 is 0 Å². The molecule has 92 valence electrons. The Bertz CT molecular complexity index is 760. The van der Waals surface area contributed by atoms with Crippen molar-refractivity contribution >= 4 is 16.7 Å². The van der Waals surface area contributed by atoms with Crippen molar-refractivity contribution in [2.75, 3.05) is 0 Å². The molecule has 0 radical (unpaired) electrons. The first-order valence-corrected chi connectivity index (χ1v) is 5.93. The van der Waals surface area contributed by atoms with Crippen LogP contribution in [-0.2, 0) is 0 Å². The van der Waals surface area contributed by atoms with E-state index < -0.39 is 5.97 Å². The number of pyridine rings is 1. The summed E-state index contributed by atoms with van der Waals surface area (Å²) in [4.78, 5) is 15.5. The van der Waals surface area contributed by atoms with Gasteiger partial charge in [0.2, 0.25) is 0 Å². The zero-order valence-corrected chi connectivity index (χ0v) is 10.1. The zero-order valence-electron chi connectivity index (χ0n) is 10.1. The molecule has 0 aliphatic carbocycles. The fourth-order valence-corrected chi connectivity index (χ4v) is 2.24. The van der Waals surface area contributed by atoms with Crippen molar-refractivity contribution in [3.8, 4) is 11.1 Å². The molecule has 0 aliphatic heterocycles. The average Bonchev–Trinajstić information content (AvgIpc) is 2.46. The van der Waals surface area contributed by atoms with Gasteiger partial charge >= 0.3 is 5.97 Å². The van der Waals surface area contributed by atoms with Crippen molar-refractivity contribution in [3.63, 3.8) is 0 Å². The van der Waals surface area contributed by atoms with E-state index in [4.69, 9.17) is 0 Å². The van der Waals surface area contributed by atoms with Crippen LogP contribution in [0.4, 0.5) is 0 Å². The second-order valence-electron chi connectivity index (χ2n) is 4.26. The van der Waals surface area contributed by atoms with Gasteiger partial charge in [-0.25, -0.2) is 4.79 Å². The Morgan fingerprint density at radius 2 is 1.63 bits per heavy atom. The van der Waals surface area contributed by atoms with Gasteiger partial charge in [0.1, 0.15) is 0 Å². The van der Waals surface area contributed by atoms with Crippen LogP contribution >= 0.6 is 0 Å². The number of hydrogen-bond acceptors (Lipinski definition) is 2. The summed E-state index contributed by atoms with van der Waals surface area (Å²) in [6, 6.07) is 14.8. The molecule has 0 bridgehead atoms. The molecular weight excluding hydrogens is 238 g/mol. The Balaban J connectivity index is 2.34. The highest BCUT2D eigenvalue weighted by Gasteiger charge is 2.12. The molecule has 19 heavy (non-hydrogen) atoms. The molecule has 3 rings (SSSR count). The maximum absolute atomic E-state index is 11.3. The summed E-state index contributed by atoms with van der Waals surface area (Å²) in [7, 11) is 0. The number of nitrogens with zero attached hydrogens (tertiary/aromatic N) is 1. The Kier molecular flexibility index (Phi) is 2.72. The number of rotatable bonds is 2. The summed E-state index contributed by atoms with van der Waals surface area (Å²) in [5.74, 6) is -0.927. The second-order valence-corrected chi connectivity index (χ2v) is 4.26. The predicted molar refractivity (Wildman–Crippen MR) is 74.1 cm³/mol. The maximum atomic E-state index is 11.3. The number of carboxylic acid groups (broad SMARTS) is 1. The van der Waals surface area contributed by atoms with Crippen LogP contribution in [-0.4, -0.2) is 16.1 Å². The highest BCUT2D eigenvalue weighted by Crippen LogP contribution is 2.29. The quantitative estimate of drug-likeness (QED) is 0.754. The molecule has 0 unspecified atom stereocenters. The molecule has 1 N–H and O–H groups in total. The smallest absolute Gasteiger partial charge is 0.336 e. The van der Waals surface area contributed by atoms with Crippen LogP contribution in [0.3, 0.4) is 0 Å². The lowest BCUT2D eigenvalue weighted by molar-refractivity contribution is 0.0698. The summed E-state index contributed by atoms with van der Waals surface area (Å²) >= 11 is 0. The van der Waals surface area contributed by atoms with Crippen LogP contribution in [0.5, 0.6) is 0 Å². The van der Waals surface area contributed by atoms with E-state index in [0.717, 1.165) is 16.3 Å². The fourth-order valence-electron chi connectivity index (χ4n) is 2.24. The van der Waals surface area contributed by atoms with Gasteiger partial charge in [0.15, 0.2) is 0 Å². The molecule has 3 heteroatoms. The van der Waals surface area contributed by atoms with Crippen molar-refractivity contribution in [3.05, 3.63) is 66.5 Å². The van der Waals surface area contributed by atoms with Gasteiger partial charge in [-0.2, -0.15) is 0 Å². The molecule has 0 fully saturated rings. The number of benzene rings is 2. The lowest BCUT2D eigenvalue weighted by Crippen LogP contribution is -1.99. The van der Waals surface area contributed by atoms with E-state index in [1.165, 1.54) is 0 Å². The molecule has 0 atom stereocenters. The van der Waals surface area contributed by atoms with Gasteiger partial charge in [-0.3, -0.25) is 4.98 Å². The molecule has 0 spiro atoms. The number of aromatic nitrogens is 1.